The minimum absolute atomic E-state index is 0.131. The SMILES string of the molecule is CC(N)CS(=O)(=O)c1ccc(-c2cccc3c2nc(N)n3C)c(-c2nn[nH]n2)c1S(N)(=O)=O. The lowest BCUT2D eigenvalue weighted by Gasteiger charge is -2.17. The monoisotopic (exact) mass is 491 g/mol. The minimum Gasteiger partial charge on any atom is -0.369 e. The number of nitrogens with zero attached hydrogens (tertiary/aromatic N) is 5. The maximum absolute atomic E-state index is 13.0. The Balaban J connectivity index is 2.17. The number of nitrogens with one attached hydrogen (secondary N) is 1. The van der Waals surface area contributed by atoms with E-state index in [1.165, 1.54) is 19.1 Å². The minimum atomic E-state index is -4.59. The summed E-state index contributed by atoms with van der Waals surface area (Å²) in [4.78, 5) is 3.22. The van der Waals surface area contributed by atoms with Crippen molar-refractivity contribution in [1.29, 1.82) is 0 Å². The molecule has 13 nitrogen and oxygen atoms in total. The first kappa shape index (κ1) is 22.8. The smallest absolute Gasteiger partial charge is 0.240 e. The van der Waals surface area contributed by atoms with Crippen LogP contribution < -0.4 is 16.6 Å². The van der Waals surface area contributed by atoms with Crippen LogP contribution in [0.5, 0.6) is 0 Å². The van der Waals surface area contributed by atoms with E-state index in [1.807, 2.05) is 0 Å². The number of sulfone groups is 1. The predicted molar refractivity (Wildman–Crippen MR) is 121 cm³/mol. The molecule has 0 fully saturated rings. The molecule has 2 heterocycles. The number of aromatic amines is 1. The highest BCUT2D eigenvalue weighted by molar-refractivity contribution is 7.93. The van der Waals surface area contributed by atoms with Crippen LogP contribution in [0.3, 0.4) is 0 Å². The molecule has 2 aromatic carbocycles. The molecule has 1 unspecified atom stereocenters. The van der Waals surface area contributed by atoms with Crippen molar-refractivity contribution in [1.82, 2.24) is 30.2 Å². The zero-order chi connectivity index (χ0) is 24.1. The number of nitrogen functional groups attached to an aromatic ring is 1. The summed E-state index contributed by atoms with van der Waals surface area (Å²) < 4.78 is 53.3. The molecule has 0 aliphatic carbocycles. The predicted octanol–water partition coefficient (Wildman–Crippen LogP) is -0.229. The molecule has 0 spiro atoms. The Morgan fingerprint density at radius 2 is 1.85 bits per heavy atom. The van der Waals surface area contributed by atoms with Gasteiger partial charge in [0.15, 0.2) is 9.84 Å². The van der Waals surface area contributed by atoms with Crippen molar-refractivity contribution >= 4 is 36.8 Å². The highest BCUT2D eigenvalue weighted by Gasteiger charge is 2.33. The molecule has 33 heavy (non-hydrogen) atoms. The fraction of sp³-hybridized carbons (Fsp3) is 0.222. The lowest BCUT2D eigenvalue weighted by Crippen LogP contribution is -2.28. The zero-order valence-corrected chi connectivity index (χ0v) is 19.2. The van der Waals surface area contributed by atoms with Crippen LogP contribution >= 0.6 is 0 Å². The standard InChI is InChI=1S/C18H21N9O4S2/c1-9(19)8-32(28,29)13-7-6-10(11-4-3-5-12-15(11)22-18(20)27(12)2)14(16(13)33(21,30)31)17-23-25-26-24-17/h3-7,9H,8,19H2,1-2H3,(H2,20,22)(H2,21,30,31)(H,23,24,25,26). The Hall–Kier alpha value is -3.40. The summed E-state index contributed by atoms with van der Waals surface area (Å²) in [6.45, 7) is 1.49. The highest BCUT2D eigenvalue weighted by Crippen LogP contribution is 2.41. The van der Waals surface area contributed by atoms with Gasteiger partial charge in [0.25, 0.3) is 0 Å². The Bertz CT molecular complexity index is 1570. The molecule has 2 aromatic heterocycles. The van der Waals surface area contributed by atoms with Crippen molar-refractivity contribution < 1.29 is 16.8 Å². The fourth-order valence-electron chi connectivity index (χ4n) is 3.69. The van der Waals surface area contributed by atoms with Crippen LogP contribution in [0, 0.1) is 0 Å². The number of aromatic nitrogens is 6. The van der Waals surface area contributed by atoms with Crippen molar-refractivity contribution in [2.45, 2.75) is 22.8 Å². The molecule has 174 valence electrons. The van der Waals surface area contributed by atoms with Crippen LogP contribution in [0.1, 0.15) is 6.92 Å². The van der Waals surface area contributed by atoms with Gasteiger partial charge in [-0.2, -0.15) is 5.21 Å². The second kappa shape index (κ2) is 7.87. The summed E-state index contributed by atoms with van der Waals surface area (Å²) in [7, 11) is -7.00. The van der Waals surface area contributed by atoms with Gasteiger partial charge in [0, 0.05) is 18.7 Å². The summed E-state index contributed by atoms with van der Waals surface area (Å²) in [5.74, 6) is -0.415. The Morgan fingerprint density at radius 1 is 1.12 bits per heavy atom. The normalized spacial score (nSPS) is 13.5. The molecule has 0 aliphatic heterocycles. The number of rotatable bonds is 6. The summed E-state index contributed by atoms with van der Waals surface area (Å²) in [5, 5.41) is 19.1. The maximum atomic E-state index is 13.0. The average molecular weight is 492 g/mol. The number of anilines is 1. The summed E-state index contributed by atoms with van der Waals surface area (Å²) >= 11 is 0. The molecule has 4 rings (SSSR count). The van der Waals surface area contributed by atoms with Gasteiger partial charge in [-0.15, -0.1) is 10.2 Å². The first-order valence-electron chi connectivity index (χ1n) is 9.55. The molecule has 0 bridgehead atoms. The van der Waals surface area contributed by atoms with Crippen LogP contribution in [-0.4, -0.2) is 58.8 Å². The zero-order valence-electron chi connectivity index (χ0n) is 17.6. The molecule has 4 aromatic rings. The maximum Gasteiger partial charge on any atom is 0.240 e. The fourth-order valence-corrected chi connectivity index (χ4v) is 6.79. The number of sulfonamides is 1. The van der Waals surface area contributed by atoms with Crippen LogP contribution in [-0.2, 0) is 26.9 Å². The van der Waals surface area contributed by atoms with Crippen LogP contribution in [0.4, 0.5) is 5.95 Å². The van der Waals surface area contributed by atoms with Crippen LogP contribution in [0.2, 0.25) is 0 Å². The first-order valence-corrected chi connectivity index (χ1v) is 12.7. The largest absolute Gasteiger partial charge is 0.369 e. The molecule has 0 saturated carbocycles. The molecular weight excluding hydrogens is 470 g/mol. The summed E-state index contributed by atoms with van der Waals surface area (Å²) in [5.41, 5.74) is 13.4. The molecule has 15 heteroatoms. The first-order chi connectivity index (χ1) is 15.4. The summed E-state index contributed by atoms with van der Waals surface area (Å²) in [6.07, 6.45) is 0. The number of fused-ring (bicyclic) bond motifs is 1. The Morgan fingerprint density at radius 3 is 2.45 bits per heavy atom. The number of tetrazole rings is 1. The van der Waals surface area contributed by atoms with E-state index < -0.39 is 41.4 Å². The third-order valence-corrected chi connectivity index (χ3v) is 8.13. The topological polar surface area (TPSA) is 219 Å². The van der Waals surface area contributed by atoms with E-state index in [1.54, 1.807) is 29.8 Å². The summed E-state index contributed by atoms with van der Waals surface area (Å²) in [6, 6.07) is 7.10. The van der Waals surface area contributed by atoms with E-state index in [0.717, 1.165) is 0 Å². The van der Waals surface area contributed by atoms with Crippen molar-refractivity contribution in [3.63, 3.8) is 0 Å². The van der Waals surface area contributed by atoms with Crippen molar-refractivity contribution in [3.05, 3.63) is 30.3 Å². The quantitative estimate of drug-likeness (QED) is 0.277. The van der Waals surface area contributed by atoms with Gasteiger partial charge < -0.3 is 16.0 Å². The van der Waals surface area contributed by atoms with Gasteiger partial charge in [-0.3, -0.25) is 0 Å². The lowest BCUT2D eigenvalue weighted by molar-refractivity contribution is 0.580. The molecule has 0 aliphatic rings. The Kier molecular flexibility index (Phi) is 5.44. The van der Waals surface area contributed by atoms with Gasteiger partial charge in [0.05, 0.1) is 27.2 Å². The van der Waals surface area contributed by atoms with E-state index in [4.69, 9.17) is 16.6 Å². The number of benzene rings is 2. The van der Waals surface area contributed by atoms with Gasteiger partial charge in [0.2, 0.25) is 21.8 Å². The number of aryl methyl sites for hydroxylation is 1. The van der Waals surface area contributed by atoms with E-state index in [2.05, 4.69) is 25.6 Å². The van der Waals surface area contributed by atoms with Crippen LogP contribution in [0.25, 0.3) is 33.5 Å². The van der Waals surface area contributed by atoms with Gasteiger partial charge in [-0.25, -0.2) is 27.0 Å². The van der Waals surface area contributed by atoms with Gasteiger partial charge in [0.1, 0.15) is 4.90 Å². The third kappa shape index (κ3) is 3.95. The highest BCUT2D eigenvalue weighted by atomic mass is 32.2. The molecule has 0 radical (unpaired) electrons. The van der Waals surface area contributed by atoms with Gasteiger partial charge in [-0.1, -0.05) is 18.2 Å². The molecule has 1 atom stereocenters. The van der Waals surface area contributed by atoms with Gasteiger partial charge in [-0.05, 0) is 29.8 Å². The van der Waals surface area contributed by atoms with Gasteiger partial charge >= 0.3 is 0 Å². The van der Waals surface area contributed by atoms with E-state index in [-0.39, 0.29) is 22.9 Å². The second-order valence-corrected chi connectivity index (χ2v) is 11.1. The van der Waals surface area contributed by atoms with E-state index in [9.17, 15) is 16.8 Å². The van der Waals surface area contributed by atoms with Crippen LogP contribution in [0.15, 0.2) is 40.1 Å². The van der Waals surface area contributed by atoms with E-state index in [0.29, 0.717) is 16.6 Å². The molecule has 0 amide bonds. The number of H-pyrrole nitrogens is 1. The van der Waals surface area contributed by atoms with Crippen molar-refractivity contribution in [3.8, 4) is 22.5 Å². The number of hydrogen-bond acceptors (Lipinski definition) is 10. The lowest BCUT2D eigenvalue weighted by atomic mass is 9.98. The van der Waals surface area contributed by atoms with Crippen molar-refractivity contribution in [2.75, 3.05) is 11.5 Å². The second-order valence-electron chi connectivity index (χ2n) is 7.56. The average Bonchev–Trinajstić information content (AvgIpc) is 3.34. The number of para-hydroxylation sites is 1. The molecular formula is C18H21N9O4S2. The number of primary sulfonamides is 1. The number of nitrogens with two attached hydrogens (primary N) is 3. The number of hydrogen-bond donors (Lipinski definition) is 4. The Labute approximate surface area is 189 Å². The van der Waals surface area contributed by atoms with E-state index >= 15 is 0 Å². The van der Waals surface area contributed by atoms with Crippen molar-refractivity contribution in [2.24, 2.45) is 17.9 Å². The third-order valence-electron chi connectivity index (χ3n) is 5.03. The molecule has 0 saturated heterocycles. The number of imidazole rings is 1. The molecule has 7 N–H and O–H groups in total.